The van der Waals surface area contributed by atoms with E-state index in [1.165, 1.54) is 31.5 Å². The second-order valence-electron chi connectivity index (χ2n) is 7.45. The lowest BCUT2D eigenvalue weighted by atomic mass is 10.2. The van der Waals surface area contributed by atoms with Crippen molar-refractivity contribution in [1.82, 2.24) is 15.5 Å². The van der Waals surface area contributed by atoms with Crippen molar-refractivity contribution in [3.63, 3.8) is 0 Å². The Balaban J connectivity index is 1.49. The molecule has 2 fully saturated rings. The van der Waals surface area contributed by atoms with Gasteiger partial charge in [0.15, 0.2) is 5.96 Å². The Morgan fingerprint density at radius 1 is 1.39 bits per heavy atom. The lowest BCUT2D eigenvalue weighted by Gasteiger charge is -2.35. The molecule has 3 unspecified atom stereocenters. The van der Waals surface area contributed by atoms with E-state index in [-0.39, 0.29) is 18.0 Å². The van der Waals surface area contributed by atoms with Crippen molar-refractivity contribution in [3.05, 3.63) is 30.1 Å². The van der Waals surface area contributed by atoms with Crippen LogP contribution in [0.5, 0.6) is 5.75 Å². The summed E-state index contributed by atoms with van der Waals surface area (Å²) in [6, 6.07) is 6.86. The molecular weight excluding hydrogens is 359 g/mol. The minimum absolute atomic E-state index is 0.103. The van der Waals surface area contributed by atoms with E-state index in [9.17, 15) is 4.39 Å². The van der Waals surface area contributed by atoms with Crippen LogP contribution in [0, 0.1) is 5.82 Å². The van der Waals surface area contributed by atoms with Crippen LogP contribution in [-0.4, -0.2) is 68.4 Å². The average molecular weight is 393 g/mol. The maximum absolute atomic E-state index is 13.4. The number of benzene rings is 1. The summed E-state index contributed by atoms with van der Waals surface area (Å²) in [6.07, 6.45) is 3.41. The topological polar surface area (TPSA) is 58.1 Å². The third kappa shape index (κ3) is 6.07. The molecule has 7 heteroatoms. The molecule has 0 aliphatic carbocycles. The summed E-state index contributed by atoms with van der Waals surface area (Å²) in [5, 5.41) is 6.67. The van der Waals surface area contributed by atoms with E-state index in [2.05, 4.69) is 20.5 Å². The first-order valence-corrected chi connectivity index (χ1v) is 10.5. The third-order valence-corrected chi connectivity index (χ3v) is 5.31. The van der Waals surface area contributed by atoms with Gasteiger partial charge in [0, 0.05) is 31.7 Å². The second-order valence-corrected chi connectivity index (χ2v) is 7.45. The molecule has 2 aliphatic rings. The van der Waals surface area contributed by atoms with Crippen molar-refractivity contribution in [1.29, 1.82) is 0 Å². The molecule has 2 saturated heterocycles. The number of hydrogen-bond donors (Lipinski definition) is 2. The molecule has 0 saturated carbocycles. The molecule has 0 aromatic heterocycles. The van der Waals surface area contributed by atoms with Crippen LogP contribution in [0.4, 0.5) is 4.39 Å². The summed E-state index contributed by atoms with van der Waals surface area (Å²) in [6.45, 7) is 9.11. The van der Waals surface area contributed by atoms with Crippen molar-refractivity contribution in [3.8, 4) is 5.75 Å². The molecule has 1 aromatic rings. The highest BCUT2D eigenvalue weighted by molar-refractivity contribution is 5.79. The minimum atomic E-state index is -0.293. The molecule has 2 aliphatic heterocycles. The Bertz CT molecular complexity index is 643. The summed E-state index contributed by atoms with van der Waals surface area (Å²) >= 11 is 0. The maximum Gasteiger partial charge on any atom is 0.191 e. The number of ether oxygens (including phenoxy) is 2. The van der Waals surface area contributed by atoms with Crippen LogP contribution < -0.4 is 15.4 Å². The number of hydrogen-bond acceptors (Lipinski definition) is 4. The number of aliphatic imine (C=N–C) groups is 1. The summed E-state index contributed by atoms with van der Waals surface area (Å²) in [5.74, 6) is 1.00. The van der Waals surface area contributed by atoms with Gasteiger partial charge in [-0.25, -0.2) is 9.38 Å². The summed E-state index contributed by atoms with van der Waals surface area (Å²) in [4.78, 5) is 7.20. The van der Waals surface area contributed by atoms with E-state index < -0.39 is 0 Å². The molecule has 3 atom stereocenters. The molecular formula is C21H33FN4O2. The first-order valence-electron chi connectivity index (χ1n) is 10.5. The number of nitrogens with zero attached hydrogens (tertiary/aromatic N) is 2. The van der Waals surface area contributed by atoms with Crippen molar-refractivity contribution < 1.29 is 13.9 Å². The number of morpholine rings is 1. The van der Waals surface area contributed by atoms with E-state index in [1.54, 1.807) is 12.1 Å². The Hall–Kier alpha value is -1.86. The van der Waals surface area contributed by atoms with Gasteiger partial charge in [-0.15, -0.1) is 0 Å². The lowest BCUT2D eigenvalue weighted by molar-refractivity contribution is -0.0453. The van der Waals surface area contributed by atoms with Gasteiger partial charge in [-0.05, 0) is 44.9 Å². The van der Waals surface area contributed by atoms with Crippen LogP contribution in [0.3, 0.4) is 0 Å². The van der Waals surface area contributed by atoms with Crippen LogP contribution in [-0.2, 0) is 4.74 Å². The van der Waals surface area contributed by atoms with Gasteiger partial charge in [0.2, 0.25) is 0 Å². The Kier molecular flexibility index (Phi) is 7.91. The Labute approximate surface area is 167 Å². The molecule has 1 aromatic carbocycles. The lowest BCUT2D eigenvalue weighted by Crippen LogP contribution is -2.51. The van der Waals surface area contributed by atoms with Gasteiger partial charge >= 0.3 is 0 Å². The van der Waals surface area contributed by atoms with Crippen LogP contribution in [0.25, 0.3) is 0 Å². The van der Waals surface area contributed by atoms with Gasteiger partial charge < -0.3 is 20.1 Å². The quantitative estimate of drug-likeness (QED) is 0.526. The second kappa shape index (κ2) is 10.6. The van der Waals surface area contributed by atoms with E-state index in [1.807, 2.05) is 13.8 Å². The molecule has 156 valence electrons. The monoisotopic (exact) mass is 392 g/mol. The first-order chi connectivity index (χ1) is 13.7. The molecule has 0 bridgehead atoms. The molecule has 28 heavy (non-hydrogen) atoms. The van der Waals surface area contributed by atoms with Gasteiger partial charge in [-0.2, -0.15) is 0 Å². The van der Waals surface area contributed by atoms with Crippen LogP contribution in [0.2, 0.25) is 0 Å². The zero-order chi connectivity index (χ0) is 19.8. The molecule has 2 heterocycles. The van der Waals surface area contributed by atoms with E-state index in [0.29, 0.717) is 18.3 Å². The van der Waals surface area contributed by atoms with Crippen molar-refractivity contribution in [2.24, 2.45) is 4.99 Å². The SMILES string of the molecule is CCNC(=NCC(CC)Oc1cccc(F)c1)NCC1CN2CCCC2CO1. The highest BCUT2D eigenvalue weighted by Crippen LogP contribution is 2.22. The van der Waals surface area contributed by atoms with Gasteiger partial charge in [0.1, 0.15) is 17.7 Å². The fraction of sp³-hybridized carbons (Fsp3) is 0.667. The van der Waals surface area contributed by atoms with Gasteiger partial charge in [0.05, 0.1) is 19.3 Å². The van der Waals surface area contributed by atoms with E-state index in [4.69, 9.17) is 9.47 Å². The molecule has 0 amide bonds. The van der Waals surface area contributed by atoms with Crippen molar-refractivity contribution in [2.45, 2.75) is 51.4 Å². The first kappa shape index (κ1) is 20.9. The van der Waals surface area contributed by atoms with Crippen molar-refractivity contribution in [2.75, 3.05) is 39.3 Å². The number of halogens is 1. The number of guanidine groups is 1. The fourth-order valence-electron chi connectivity index (χ4n) is 3.74. The standard InChI is InChI=1S/C21H33FN4O2/c1-3-18(28-19-9-5-7-16(22)11-19)12-24-21(23-4-2)25-13-20-14-26-10-6-8-17(26)15-27-20/h5,7,9,11,17-18,20H,3-4,6,8,10,12-15H2,1-2H3,(H2,23,24,25). The summed E-state index contributed by atoms with van der Waals surface area (Å²) in [5.41, 5.74) is 0. The van der Waals surface area contributed by atoms with Crippen molar-refractivity contribution >= 4 is 5.96 Å². The van der Waals surface area contributed by atoms with E-state index in [0.717, 1.165) is 38.6 Å². The third-order valence-electron chi connectivity index (χ3n) is 5.31. The largest absolute Gasteiger partial charge is 0.488 e. The highest BCUT2D eigenvalue weighted by Gasteiger charge is 2.32. The summed E-state index contributed by atoms with van der Waals surface area (Å²) in [7, 11) is 0. The Morgan fingerprint density at radius 2 is 2.29 bits per heavy atom. The fourth-order valence-corrected chi connectivity index (χ4v) is 3.74. The molecule has 0 radical (unpaired) electrons. The zero-order valence-electron chi connectivity index (χ0n) is 17.0. The maximum atomic E-state index is 13.4. The van der Waals surface area contributed by atoms with Crippen LogP contribution >= 0.6 is 0 Å². The molecule has 6 nitrogen and oxygen atoms in total. The molecule has 0 spiro atoms. The number of nitrogens with one attached hydrogen (secondary N) is 2. The number of rotatable bonds is 8. The predicted octanol–water partition coefficient (Wildman–Crippen LogP) is 2.40. The molecule has 2 N–H and O–H groups in total. The van der Waals surface area contributed by atoms with Gasteiger partial charge in [0.25, 0.3) is 0 Å². The average Bonchev–Trinajstić information content (AvgIpc) is 3.17. The smallest absolute Gasteiger partial charge is 0.191 e. The van der Waals surface area contributed by atoms with Crippen LogP contribution in [0.15, 0.2) is 29.3 Å². The highest BCUT2D eigenvalue weighted by atomic mass is 19.1. The van der Waals surface area contributed by atoms with Gasteiger partial charge in [-0.3, -0.25) is 4.90 Å². The molecule has 3 rings (SSSR count). The number of fused-ring (bicyclic) bond motifs is 1. The minimum Gasteiger partial charge on any atom is -0.488 e. The Morgan fingerprint density at radius 3 is 3.07 bits per heavy atom. The predicted molar refractivity (Wildman–Crippen MR) is 109 cm³/mol. The van der Waals surface area contributed by atoms with Crippen LogP contribution in [0.1, 0.15) is 33.1 Å². The zero-order valence-corrected chi connectivity index (χ0v) is 17.0. The van der Waals surface area contributed by atoms with Gasteiger partial charge in [-0.1, -0.05) is 13.0 Å². The summed E-state index contributed by atoms with van der Waals surface area (Å²) < 4.78 is 25.2. The normalized spacial score (nSPS) is 23.9. The van der Waals surface area contributed by atoms with E-state index >= 15 is 0 Å².